The first-order valence-corrected chi connectivity index (χ1v) is 25.4. The van der Waals surface area contributed by atoms with Crippen molar-refractivity contribution in [1.82, 2.24) is 5.32 Å². The Kier molecular flexibility index (Phi) is 45.1. The van der Waals surface area contributed by atoms with Gasteiger partial charge in [-0.2, -0.15) is 0 Å². The summed E-state index contributed by atoms with van der Waals surface area (Å²) in [4.78, 5) is 26.0. The Labute approximate surface area is 366 Å². The van der Waals surface area contributed by atoms with Crippen molar-refractivity contribution in [3.63, 3.8) is 0 Å². The molecule has 0 aliphatic carbocycles. The van der Waals surface area contributed by atoms with E-state index in [0.717, 1.165) is 64.2 Å². The summed E-state index contributed by atoms with van der Waals surface area (Å²) >= 11 is 0. The minimum absolute atomic E-state index is 0.0313. The number of amides is 1. The molecule has 6 nitrogen and oxygen atoms in total. The summed E-state index contributed by atoms with van der Waals surface area (Å²) in [6.07, 6.45) is 56.3. The predicted molar refractivity (Wildman–Crippen MR) is 255 cm³/mol. The summed E-state index contributed by atoms with van der Waals surface area (Å²) in [5.41, 5.74) is 0. The minimum atomic E-state index is -0.811. The van der Waals surface area contributed by atoms with Crippen molar-refractivity contribution < 1.29 is 24.5 Å². The molecule has 0 saturated heterocycles. The second kappa shape index (κ2) is 46.9. The maximum atomic E-state index is 13.1. The lowest BCUT2D eigenvalue weighted by atomic mass is 10.0. The molecule has 0 fully saturated rings. The van der Waals surface area contributed by atoms with Crippen LogP contribution in [0.15, 0.2) is 48.6 Å². The van der Waals surface area contributed by atoms with Crippen LogP contribution in [-0.2, 0) is 14.3 Å². The number of ether oxygens (including phenoxy) is 1. The molecule has 0 aromatic heterocycles. The van der Waals surface area contributed by atoms with Crippen LogP contribution < -0.4 is 5.32 Å². The van der Waals surface area contributed by atoms with E-state index in [2.05, 4.69) is 62.5 Å². The van der Waals surface area contributed by atoms with E-state index in [0.29, 0.717) is 12.8 Å². The molecule has 344 valence electrons. The topological polar surface area (TPSA) is 95.9 Å². The van der Waals surface area contributed by atoms with Crippen LogP contribution in [0.5, 0.6) is 0 Å². The first-order chi connectivity index (χ1) is 29.0. The molecule has 6 heteroatoms. The number of allylic oxidation sites excluding steroid dienone is 7. The molecule has 0 aromatic rings. The fourth-order valence-corrected chi connectivity index (χ4v) is 7.48. The average molecular weight is 828 g/mol. The summed E-state index contributed by atoms with van der Waals surface area (Å²) in [5.74, 6) is -0.608. The molecule has 0 heterocycles. The number of aliphatic hydroxyl groups excluding tert-OH is 2. The number of hydrogen-bond acceptors (Lipinski definition) is 5. The van der Waals surface area contributed by atoms with E-state index in [-0.39, 0.29) is 24.9 Å². The van der Waals surface area contributed by atoms with Crippen LogP contribution in [0.3, 0.4) is 0 Å². The van der Waals surface area contributed by atoms with Gasteiger partial charge < -0.3 is 20.3 Å². The number of aliphatic hydroxyl groups is 2. The highest BCUT2D eigenvalue weighted by Crippen LogP contribution is 2.16. The molecule has 59 heavy (non-hydrogen) atoms. The highest BCUT2D eigenvalue weighted by Gasteiger charge is 2.23. The zero-order valence-corrected chi connectivity index (χ0v) is 39.1. The molecule has 0 bridgehead atoms. The Balaban J connectivity index is 4.61. The number of rotatable bonds is 45. The Bertz CT molecular complexity index is 1020. The molecule has 3 N–H and O–H groups in total. The van der Waals surface area contributed by atoms with Gasteiger partial charge in [0.2, 0.25) is 5.91 Å². The molecule has 0 saturated carbocycles. The number of esters is 1. The summed E-state index contributed by atoms with van der Waals surface area (Å²) in [6, 6.07) is -0.732. The van der Waals surface area contributed by atoms with Gasteiger partial charge >= 0.3 is 5.97 Å². The van der Waals surface area contributed by atoms with E-state index >= 15 is 0 Å². The third-order valence-electron chi connectivity index (χ3n) is 11.4. The fraction of sp³-hybridized carbons (Fsp3) is 0.811. The van der Waals surface area contributed by atoms with E-state index in [4.69, 9.17) is 4.74 Å². The predicted octanol–water partition coefficient (Wildman–Crippen LogP) is 15.1. The van der Waals surface area contributed by atoms with E-state index in [1.807, 2.05) is 12.2 Å². The van der Waals surface area contributed by atoms with Gasteiger partial charge in [0.1, 0.15) is 6.10 Å². The van der Waals surface area contributed by atoms with Crippen LogP contribution in [-0.4, -0.2) is 46.9 Å². The maximum absolute atomic E-state index is 13.1. The van der Waals surface area contributed by atoms with Gasteiger partial charge in [-0.25, -0.2) is 0 Å². The Hall–Kier alpha value is -2.18. The average Bonchev–Trinajstić information content (AvgIpc) is 3.23. The summed E-state index contributed by atoms with van der Waals surface area (Å²) in [6.45, 7) is 6.41. The zero-order chi connectivity index (χ0) is 43.1. The Morgan fingerprint density at radius 1 is 0.508 bits per heavy atom. The number of carbonyl (C=O) groups excluding carboxylic acids is 2. The zero-order valence-electron chi connectivity index (χ0n) is 39.1. The smallest absolute Gasteiger partial charge is 0.306 e. The monoisotopic (exact) mass is 828 g/mol. The van der Waals surface area contributed by atoms with Gasteiger partial charge in [0.25, 0.3) is 0 Å². The van der Waals surface area contributed by atoms with Crippen molar-refractivity contribution in [2.75, 3.05) is 6.61 Å². The van der Waals surface area contributed by atoms with Gasteiger partial charge in [0.05, 0.1) is 25.2 Å². The number of unbranched alkanes of at least 4 members (excludes halogenated alkanes) is 27. The second-order valence-corrected chi connectivity index (χ2v) is 17.2. The van der Waals surface area contributed by atoms with Crippen LogP contribution in [0.1, 0.15) is 252 Å². The standard InChI is InChI=1S/C53H97NO5/c1-4-7-10-13-16-19-22-24-25-26-27-28-31-34-37-40-43-46-53(58)59-49(44-41-38-35-32-29-21-18-15-12-9-6-3)47-52(57)54-50(48-55)51(56)45-42-39-36-33-30-23-20-17-14-11-8-5-2/h16,19,24-25,32,35,41,44,49-51,55-56H,4-15,17-18,20-23,26-31,33-34,36-40,42-43,45-48H2,1-3H3,(H,54,57)/b19-16-,25-24-,35-32-,44-41+. The lowest BCUT2D eigenvalue weighted by Gasteiger charge is -2.23. The minimum Gasteiger partial charge on any atom is -0.458 e. The SMILES string of the molecule is CCCCC/C=C\C/C=C\CCCCCCCCCC(=O)OC(/C=C/C/C=C\CCCCCCCC)CC(=O)NC(CO)C(O)CCCCCCCCCCCCCC. The molecule has 3 unspecified atom stereocenters. The van der Waals surface area contributed by atoms with Gasteiger partial charge in [-0.15, -0.1) is 0 Å². The molecular formula is C53H97NO5. The van der Waals surface area contributed by atoms with Gasteiger partial charge in [0.15, 0.2) is 0 Å². The highest BCUT2D eigenvalue weighted by molar-refractivity contribution is 5.78. The number of nitrogens with one attached hydrogen (secondary N) is 1. The lowest BCUT2D eigenvalue weighted by Crippen LogP contribution is -2.46. The molecule has 0 aliphatic rings. The number of carbonyl (C=O) groups is 2. The van der Waals surface area contributed by atoms with Crippen LogP contribution >= 0.6 is 0 Å². The van der Waals surface area contributed by atoms with Crippen molar-refractivity contribution in [2.45, 2.75) is 270 Å². The molecular weight excluding hydrogens is 731 g/mol. The van der Waals surface area contributed by atoms with Crippen molar-refractivity contribution >= 4 is 11.9 Å². The molecule has 1 amide bonds. The molecule has 3 atom stereocenters. The van der Waals surface area contributed by atoms with Crippen LogP contribution in [0.2, 0.25) is 0 Å². The summed E-state index contributed by atoms with van der Waals surface area (Å²) in [7, 11) is 0. The maximum Gasteiger partial charge on any atom is 0.306 e. The van der Waals surface area contributed by atoms with E-state index in [1.54, 1.807) is 0 Å². The fourth-order valence-electron chi connectivity index (χ4n) is 7.48. The normalized spacial score (nSPS) is 13.6. The van der Waals surface area contributed by atoms with Crippen molar-refractivity contribution in [2.24, 2.45) is 0 Å². The third kappa shape index (κ3) is 42.3. The van der Waals surface area contributed by atoms with Gasteiger partial charge in [0, 0.05) is 6.42 Å². The first kappa shape index (κ1) is 56.8. The Morgan fingerprint density at radius 2 is 0.898 bits per heavy atom. The van der Waals surface area contributed by atoms with Crippen LogP contribution in [0, 0.1) is 0 Å². The molecule has 0 rings (SSSR count). The second-order valence-electron chi connectivity index (χ2n) is 17.2. The molecule has 0 spiro atoms. The summed E-state index contributed by atoms with van der Waals surface area (Å²) < 4.78 is 5.82. The van der Waals surface area contributed by atoms with Crippen molar-refractivity contribution in [3.8, 4) is 0 Å². The number of hydrogen-bond donors (Lipinski definition) is 3. The first-order valence-electron chi connectivity index (χ1n) is 25.4. The Morgan fingerprint density at radius 3 is 1.37 bits per heavy atom. The summed E-state index contributed by atoms with van der Waals surface area (Å²) in [5, 5.41) is 23.6. The highest BCUT2D eigenvalue weighted by atomic mass is 16.5. The third-order valence-corrected chi connectivity index (χ3v) is 11.4. The molecule has 0 aliphatic heterocycles. The molecule has 0 aromatic carbocycles. The van der Waals surface area contributed by atoms with E-state index < -0.39 is 18.2 Å². The largest absolute Gasteiger partial charge is 0.458 e. The quantitative estimate of drug-likeness (QED) is 0.0323. The van der Waals surface area contributed by atoms with Gasteiger partial charge in [-0.1, -0.05) is 217 Å². The van der Waals surface area contributed by atoms with E-state index in [1.165, 1.54) is 148 Å². The van der Waals surface area contributed by atoms with Gasteiger partial charge in [-0.05, 0) is 70.3 Å². The van der Waals surface area contributed by atoms with Gasteiger partial charge in [-0.3, -0.25) is 9.59 Å². The molecule has 0 radical (unpaired) electrons. The van der Waals surface area contributed by atoms with E-state index in [9.17, 15) is 19.8 Å². The van der Waals surface area contributed by atoms with Crippen LogP contribution in [0.4, 0.5) is 0 Å². The lowest BCUT2D eigenvalue weighted by molar-refractivity contribution is -0.148. The van der Waals surface area contributed by atoms with Crippen molar-refractivity contribution in [3.05, 3.63) is 48.6 Å². The van der Waals surface area contributed by atoms with Crippen LogP contribution in [0.25, 0.3) is 0 Å². The van der Waals surface area contributed by atoms with Crippen molar-refractivity contribution in [1.29, 1.82) is 0 Å².